The smallest absolute Gasteiger partial charge is 0.354 e. The Morgan fingerprint density at radius 3 is 2.57 bits per heavy atom. The molecule has 23 heavy (non-hydrogen) atoms. The molecule has 1 heterocycles. The zero-order valence-corrected chi connectivity index (χ0v) is 12.4. The number of amides is 1. The summed E-state index contributed by atoms with van der Waals surface area (Å²) >= 11 is 0. The predicted molar refractivity (Wildman–Crippen MR) is 82.5 cm³/mol. The fourth-order valence-electron chi connectivity index (χ4n) is 1.91. The van der Waals surface area contributed by atoms with Gasteiger partial charge in [0.25, 0.3) is 0 Å². The van der Waals surface area contributed by atoms with Crippen molar-refractivity contribution in [2.75, 3.05) is 10.6 Å². The minimum atomic E-state index is -4.39. The van der Waals surface area contributed by atoms with Gasteiger partial charge in [-0.25, -0.2) is 4.98 Å². The number of anilines is 3. The molecule has 1 aromatic heterocycles. The predicted octanol–water partition coefficient (Wildman–Crippen LogP) is 4.58. The van der Waals surface area contributed by atoms with Gasteiger partial charge < -0.3 is 10.6 Å². The third-order valence-corrected chi connectivity index (χ3v) is 2.99. The number of aromatic nitrogens is 1. The SMILES string of the molecule is CCCC(=O)Nc1ccc(Nc2cccc(C(F)(F)F)c2)cn1. The molecule has 0 saturated carbocycles. The molecule has 0 spiro atoms. The van der Waals surface area contributed by atoms with E-state index in [1.807, 2.05) is 6.92 Å². The van der Waals surface area contributed by atoms with Crippen molar-refractivity contribution in [2.45, 2.75) is 25.9 Å². The molecule has 122 valence electrons. The molecular weight excluding hydrogens is 307 g/mol. The molecule has 0 saturated heterocycles. The topological polar surface area (TPSA) is 54.0 Å². The van der Waals surface area contributed by atoms with Gasteiger partial charge in [0.05, 0.1) is 17.4 Å². The van der Waals surface area contributed by atoms with Crippen molar-refractivity contribution in [1.29, 1.82) is 0 Å². The van der Waals surface area contributed by atoms with Gasteiger partial charge in [-0.1, -0.05) is 13.0 Å². The first kappa shape index (κ1) is 16.8. The number of nitrogens with one attached hydrogen (secondary N) is 2. The number of carbonyl (C=O) groups is 1. The van der Waals surface area contributed by atoms with Gasteiger partial charge in [-0.3, -0.25) is 4.79 Å². The molecule has 0 radical (unpaired) electrons. The number of hydrogen-bond acceptors (Lipinski definition) is 3. The fraction of sp³-hybridized carbons (Fsp3) is 0.250. The van der Waals surface area contributed by atoms with Crippen LogP contribution in [-0.4, -0.2) is 10.9 Å². The third-order valence-electron chi connectivity index (χ3n) is 2.99. The average molecular weight is 323 g/mol. The Morgan fingerprint density at radius 2 is 1.96 bits per heavy atom. The summed E-state index contributed by atoms with van der Waals surface area (Å²) in [4.78, 5) is 15.5. The number of carbonyl (C=O) groups excluding carboxylic acids is 1. The summed E-state index contributed by atoms with van der Waals surface area (Å²) in [6, 6.07) is 8.12. The zero-order valence-electron chi connectivity index (χ0n) is 12.4. The second-order valence-electron chi connectivity index (χ2n) is 4.93. The van der Waals surface area contributed by atoms with Crippen LogP contribution in [0.4, 0.5) is 30.4 Å². The number of pyridine rings is 1. The van der Waals surface area contributed by atoms with Crippen LogP contribution in [0.1, 0.15) is 25.3 Å². The maximum atomic E-state index is 12.7. The summed E-state index contributed by atoms with van der Waals surface area (Å²) in [6.45, 7) is 1.90. The van der Waals surface area contributed by atoms with E-state index in [0.717, 1.165) is 18.6 Å². The summed E-state index contributed by atoms with van der Waals surface area (Å²) in [5.74, 6) is 0.275. The molecule has 0 bridgehead atoms. The maximum absolute atomic E-state index is 12.7. The van der Waals surface area contributed by atoms with Crippen LogP contribution in [0.3, 0.4) is 0 Å². The number of halogens is 3. The minimum Gasteiger partial charge on any atom is -0.354 e. The molecule has 0 fully saturated rings. The van der Waals surface area contributed by atoms with Gasteiger partial charge in [0.1, 0.15) is 5.82 Å². The Bertz CT molecular complexity index is 669. The first-order chi connectivity index (χ1) is 10.9. The Hall–Kier alpha value is -2.57. The molecule has 2 N–H and O–H groups in total. The van der Waals surface area contributed by atoms with E-state index >= 15 is 0 Å². The number of rotatable bonds is 5. The average Bonchev–Trinajstić information content (AvgIpc) is 2.49. The highest BCUT2D eigenvalue weighted by atomic mass is 19.4. The van der Waals surface area contributed by atoms with Crippen LogP contribution in [0.15, 0.2) is 42.6 Å². The van der Waals surface area contributed by atoms with E-state index in [1.165, 1.54) is 18.3 Å². The molecule has 0 aliphatic rings. The normalized spacial score (nSPS) is 11.1. The van der Waals surface area contributed by atoms with Crippen molar-refractivity contribution in [3.05, 3.63) is 48.2 Å². The highest BCUT2D eigenvalue weighted by Crippen LogP contribution is 2.31. The van der Waals surface area contributed by atoms with Gasteiger partial charge in [0.15, 0.2) is 0 Å². The van der Waals surface area contributed by atoms with E-state index in [1.54, 1.807) is 12.1 Å². The lowest BCUT2D eigenvalue weighted by Crippen LogP contribution is -2.11. The number of benzene rings is 1. The van der Waals surface area contributed by atoms with Crippen LogP contribution < -0.4 is 10.6 Å². The molecule has 7 heteroatoms. The quantitative estimate of drug-likeness (QED) is 0.846. The van der Waals surface area contributed by atoms with Crippen molar-refractivity contribution in [3.63, 3.8) is 0 Å². The van der Waals surface area contributed by atoms with E-state index in [0.29, 0.717) is 23.6 Å². The first-order valence-corrected chi connectivity index (χ1v) is 7.08. The third kappa shape index (κ3) is 4.98. The summed E-state index contributed by atoms with van der Waals surface area (Å²) in [5.41, 5.74) is 0.112. The molecule has 4 nitrogen and oxygen atoms in total. The van der Waals surface area contributed by atoms with Crippen LogP contribution in [0.5, 0.6) is 0 Å². The summed E-state index contributed by atoms with van der Waals surface area (Å²) < 4.78 is 38.0. The molecule has 0 atom stereocenters. The van der Waals surface area contributed by atoms with Gasteiger partial charge in [-0.05, 0) is 36.8 Å². The lowest BCUT2D eigenvalue weighted by atomic mass is 10.2. The highest BCUT2D eigenvalue weighted by molar-refractivity contribution is 5.89. The molecule has 0 unspecified atom stereocenters. The second kappa shape index (κ2) is 7.13. The monoisotopic (exact) mass is 323 g/mol. The lowest BCUT2D eigenvalue weighted by Gasteiger charge is -2.11. The largest absolute Gasteiger partial charge is 0.416 e. The standard InChI is InChI=1S/C16H16F3N3O/c1-2-4-15(23)22-14-8-7-13(10-20-14)21-12-6-3-5-11(9-12)16(17,18)19/h3,5-10,21H,2,4H2,1H3,(H,20,22,23). The van der Waals surface area contributed by atoms with E-state index in [2.05, 4.69) is 15.6 Å². The minimum absolute atomic E-state index is 0.126. The van der Waals surface area contributed by atoms with E-state index < -0.39 is 11.7 Å². The van der Waals surface area contributed by atoms with E-state index in [9.17, 15) is 18.0 Å². The van der Waals surface area contributed by atoms with E-state index in [-0.39, 0.29) is 5.91 Å². The summed E-state index contributed by atoms with van der Waals surface area (Å²) in [7, 11) is 0. The summed E-state index contributed by atoms with van der Waals surface area (Å²) in [5, 5.41) is 5.48. The molecule has 1 aromatic carbocycles. The van der Waals surface area contributed by atoms with Crippen molar-refractivity contribution in [2.24, 2.45) is 0 Å². The zero-order chi connectivity index (χ0) is 16.9. The van der Waals surface area contributed by atoms with Crippen LogP contribution in [0, 0.1) is 0 Å². The number of alkyl halides is 3. The van der Waals surface area contributed by atoms with Crippen LogP contribution in [-0.2, 0) is 11.0 Å². The molecule has 2 rings (SSSR count). The molecule has 1 amide bonds. The van der Waals surface area contributed by atoms with Crippen LogP contribution in [0.2, 0.25) is 0 Å². The lowest BCUT2D eigenvalue weighted by molar-refractivity contribution is -0.137. The van der Waals surface area contributed by atoms with Gasteiger partial charge in [0, 0.05) is 12.1 Å². The molecule has 0 aliphatic carbocycles. The van der Waals surface area contributed by atoms with Crippen molar-refractivity contribution < 1.29 is 18.0 Å². The van der Waals surface area contributed by atoms with Gasteiger partial charge >= 0.3 is 6.18 Å². The Morgan fingerprint density at radius 1 is 1.17 bits per heavy atom. The number of nitrogens with zero attached hydrogens (tertiary/aromatic N) is 1. The van der Waals surface area contributed by atoms with Crippen LogP contribution in [0.25, 0.3) is 0 Å². The molecule has 2 aromatic rings. The Balaban J connectivity index is 2.05. The highest BCUT2D eigenvalue weighted by Gasteiger charge is 2.30. The fourth-order valence-corrected chi connectivity index (χ4v) is 1.91. The van der Waals surface area contributed by atoms with Crippen molar-refractivity contribution in [3.8, 4) is 0 Å². The van der Waals surface area contributed by atoms with E-state index in [4.69, 9.17) is 0 Å². The molecular formula is C16H16F3N3O. The van der Waals surface area contributed by atoms with Crippen molar-refractivity contribution in [1.82, 2.24) is 4.98 Å². The van der Waals surface area contributed by atoms with Gasteiger partial charge in [-0.2, -0.15) is 13.2 Å². The number of hydrogen-bond donors (Lipinski definition) is 2. The van der Waals surface area contributed by atoms with Crippen LogP contribution >= 0.6 is 0 Å². The Labute approximate surface area is 131 Å². The van der Waals surface area contributed by atoms with Gasteiger partial charge in [0.2, 0.25) is 5.91 Å². The first-order valence-electron chi connectivity index (χ1n) is 7.08. The second-order valence-corrected chi connectivity index (χ2v) is 4.93. The van der Waals surface area contributed by atoms with Crippen molar-refractivity contribution >= 4 is 23.1 Å². The van der Waals surface area contributed by atoms with Gasteiger partial charge in [-0.15, -0.1) is 0 Å². The maximum Gasteiger partial charge on any atom is 0.416 e. The molecule has 0 aliphatic heterocycles. The Kier molecular flexibility index (Phi) is 5.20. The summed E-state index contributed by atoms with van der Waals surface area (Å²) in [6.07, 6.45) is -1.79.